The lowest BCUT2D eigenvalue weighted by Crippen LogP contribution is -2.16. The summed E-state index contributed by atoms with van der Waals surface area (Å²) >= 11 is 3.36. The highest BCUT2D eigenvalue weighted by Crippen LogP contribution is 2.24. The number of carbonyl (C=O) groups is 2. The van der Waals surface area contributed by atoms with Gasteiger partial charge in [0.25, 0.3) is 11.8 Å². The van der Waals surface area contributed by atoms with Gasteiger partial charge in [0.05, 0.1) is 6.61 Å². The Morgan fingerprint density at radius 1 is 0.781 bits per heavy atom. The van der Waals surface area contributed by atoms with Crippen molar-refractivity contribution >= 4 is 39.1 Å². The van der Waals surface area contributed by atoms with Gasteiger partial charge in [-0.1, -0.05) is 22.0 Å². The number of hydrogen-bond donors (Lipinski definition) is 2. The highest BCUT2D eigenvalue weighted by molar-refractivity contribution is 9.10. The van der Waals surface area contributed by atoms with Crippen molar-refractivity contribution in [1.82, 2.24) is 0 Å². The minimum atomic E-state index is -0.264. The average Bonchev–Trinajstić information content (AvgIpc) is 2.77. The van der Waals surface area contributed by atoms with Crippen molar-refractivity contribution in [2.24, 2.45) is 0 Å². The standard InChI is InChI=1S/C25H25BrN2O4/c1-16-4-5-19(15-23(16)28-24(29)18-6-8-20(26)9-7-18)25(30)27-22-11-10-21(14-17(22)2)32-13-12-31-3/h4-11,14-15H,12-13H2,1-3H3,(H,27,30)(H,28,29). The average molecular weight is 497 g/mol. The molecule has 0 aliphatic heterocycles. The zero-order valence-electron chi connectivity index (χ0n) is 18.2. The number of halogens is 1. The van der Waals surface area contributed by atoms with E-state index in [0.29, 0.717) is 41.5 Å². The van der Waals surface area contributed by atoms with Crippen LogP contribution >= 0.6 is 15.9 Å². The number of benzene rings is 3. The Hall–Kier alpha value is -3.16. The fourth-order valence-corrected chi connectivity index (χ4v) is 3.26. The van der Waals surface area contributed by atoms with Crippen LogP contribution in [0.3, 0.4) is 0 Å². The number of carbonyl (C=O) groups excluding carboxylic acids is 2. The lowest BCUT2D eigenvalue weighted by Gasteiger charge is -2.13. The Balaban J connectivity index is 1.71. The number of amides is 2. The number of rotatable bonds is 8. The topological polar surface area (TPSA) is 76.7 Å². The van der Waals surface area contributed by atoms with E-state index in [-0.39, 0.29) is 11.8 Å². The van der Waals surface area contributed by atoms with Crippen LogP contribution < -0.4 is 15.4 Å². The molecule has 0 aromatic heterocycles. The van der Waals surface area contributed by atoms with E-state index in [2.05, 4.69) is 26.6 Å². The van der Waals surface area contributed by atoms with Crippen LogP contribution in [0.4, 0.5) is 11.4 Å². The van der Waals surface area contributed by atoms with Crippen LogP contribution in [0, 0.1) is 13.8 Å². The number of aryl methyl sites for hydroxylation is 2. The molecule has 6 nitrogen and oxygen atoms in total. The number of anilines is 2. The molecule has 3 aromatic carbocycles. The first-order chi connectivity index (χ1) is 15.4. The molecule has 0 saturated carbocycles. The quantitative estimate of drug-likeness (QED) is 0.398. The summed E-state index contributed by atoms with van der Waals surface area (Å²) in [5.74, 6) is 0.212. The first kappa shape index (κ1) is 23.5. The van der Waals surface area contributed by atoms with E-state index in [1.165, 1.54) is 0 Å². The maximum absolute atomic E-state index is 12.8. The molecular weight excluding hydrogens is 472 g/mol. The summed E-state index contributed by atoms with van der Waals surface area (Å²) in [6, 6.07) is 17.8. The van der Waals surface area contributed by atoms with Crippen LogP contribution in [0.25, 0.3) is 0 Å². The molecule has 0 unspecified atom stereocenters. The lowest BCUT2D eigenvalue weighted by molar-refractivity contribution is 0.101. The largest absolute Gasteiger partial charge is 0.491 e. The molecule has 0 fully saturated rings. The molecule has 0 atom stereocenters. The molecule has 3 rings (SSSR count). The SMILES string of the molecule is COCCOc1ccc(NC(=O)c2ccc(C)c(NC(=O)c3ccc(Br)cc3)c2)c(C)c1. The highest BCUT2D eigenvalue weighted by Gasteiger charge is 2.13. The molecule has 0 bridgehead atoms. The number of ether oxygens (including phenoxy) is 2. The molecule has 0 spiro atoms. The number of nitrogens with one attached hydrogen (secondary N) is 2. The van der Waals surface area contributed by atoms with Gasteiger partial charge in [0.2, 0.25) is 0 Å². The first-order valence-corrected chi connectivity index (χ1v) is 10.9. The second-order valence-electron chi connectivity index (χ2n) is 7.26. The Morgan fingerprint density at radius 3 is 2.12 bits per heavy atom. The van der Waals surface area contributed by atoms with Gasteiger partial charge in [0.1, 0.15) is 12.4 Å². The van der Waals surface area contributed by atoms with Gasteiger partial charge in [-0.15, -0.1) is 0 Å². The summed E-state index contributed by atoms with van der Waals surface area (Å²) in [5.41, 5.74) is 4.00. The summed E-state index contributed by atoms with van der Waals surface area (Å²) in [7, 11) is 1.62. The van der Waals surface area contributed by atoms with Crippen molar-refractivity contribution in [2.75, 3.05) is 31.0 Å². The molecule has 0 aliphatic carbocycles. The van der Waals surface area contributed by atoms with Crippen LogP contribution in [-0.4, -0.2) is 32.1 Å². The van der Waals surface area contributed by atoms with Crippen LogP contribution in [-0.2, 0) is 4.74 Å². The first-order valence-electron chi connectivity index (χ1n) is 10.1. The molecular formula is C25H25BrN2O4. The second kappa shape index (κ2) is 10.9. The number of methoxy groups -OCH3 is 1. The van der Waals surface area contributed by atoms with Gasteiger partial charge >= 0.3 is 0 Å². The summed E-state index contributed by atoms with van der Waals surface area (Å²) < 4.78 is 11.5. The third kappa shape index (κ3) is 6.18. The van der Waals surface area contributed by atoms with Crippen molar-refractivity contribution in [3.05, 3.63) is 87.4 Å². The Morgan fingerprint density at radius 2 is 1.44 bits per heavy atom. The van der Waals surface area contributed by atoms with Crippen LogP contribution in [0.15, 0.2) is 65.1 Å². The van der Waals surface area contributed by atoms with Gasteiger partial charge in [0, 0.05) is 34.1 Å². The van der Waals surface area contributed by atoms with E-state index in [9.17, 15) is 9.59 Å². The Labute approximate surface area is 196 Å². The maximum Gasteiger partial charge on any atom is 0.255 e. The molecule has 3 aromatic rings. The molecule has 7 heteroatoms. The lowest BCUT2D eigenvalue weighted by atomic mass is 10.1. The predicted octanol–water partition coefficient (Wildman–Crippen LogP) is 5.60. The molecule has 0 saturated heterocycles. The molecule has 2 amide bonds. The van der Waals surface area contributed by atoms with Crippen molar-refractivity contribution < 1.29 is 19.1 Å². The molecule has 2 N–H and O–H groups in total. The third-order valence-electron chi connectivity index (χ3n) is 4.86. The van der Waals surface area contributed by atoms with E-state index in [0.717, 1.165) is 15.6 Å². The van der Waals surface area contributed by atoms with Crippen molar-refractivity contribution in [2.45, 2.75) is 13.8 Å². The third-order valence-corrected chi connectivity index (χ3v) is 5.39. The van der Waals surface area contributed by atoms with E-state index in [1.54, 1.807) is 43.5 Å². The number of hydrogen-bond acceptors (Lipinski definition) is 4. The summed E-state index contributed by atoms with van der Waals surface area (Å²) in [6.45, 7) is 4.74. The van der Waals surface area contributed by atoms with E-state index in [4.69, 9.17) is 9.47 Å². The van der Waals surface area contributed by atoms with E-state index in [1.807, 2.05) is 38.1 Å². The fraction of sp³-hybridized carbons (Fsp3) is 0.200. The van der Waals surface area contributed by atoms with Crippen LogP contribution in [0.2, 0.25) is 0 Å². The predicted molar refractivity (Wildman–Crippen MR) is 130 cm³/mol. The highest BCUT2D eigenvalue weighted by atomic mass is 79.9. The minimum absolute atomic E-state index is 0.238. The van der Waals surface area contributed by atoms with Gasteiger partial charge in [-0.3, -0.25) is 9.59 Å². The second-order valence-corrected chi connectivity index (χ2v) is 8.18. The fourth-order valence-electron chi connectivity index (χ4n) is 3.00. The normalized spacial score (nSPS) is 10.5. The summed E-state index contributed by atoms with van der Waals surface area (Å²) in [6.07, 6.45) is 0. The van der Waals surface area contributed by atoms with Crippen molar-refractivity contribution in [3.63, 3.8) is 0 Å². The Kier molecular flexibility index (Phi) is 8.03. The smallest absolute Gasteiger partial charge is 0.255 e. The summed E-state index contributed by atoms with van der Waals surface area (Å²) in [5, 5.41) is 5.81. The zero-order chi connectivity index (χ0) is 23.1. The van der Waals surface area contributed by atoms with Gasteiger partial charge in [-0.2, -0.15) is 0 Å². The Bertz CT molecular complexity index is 1110. The van der Waals surface area contributed by atoms with Crippen molar-refractivity contribution in [1.29, 1.82) is 0 Å². The van der Waals surface area contributed by atoms with Gasteiger partial charge in [0.15, 0.2) is 0 Å². The van der Waals surface area contributed by atoms with E-state index < -0.39 is 0 Å². The summed E-state index contributed by atoms with van der Waals surface area (Å²) in [4.78, 5) is 25.4. The molecule has 166 valence electrons. The van der Waals surface area contributed by atoms with Crippen molar-refractivity contribution in [3.8, 4) is 5.75 Å². The van der Waals surface area contributed by atoms with E-state index >= 15 is 0 Å². The van der Waals surface area contributed by atoms with Crippen LogP contribution in [0.1, 0.15) is 31.8 Å². The minimum Gasteiger partial charge on any atom is -0.491 e. The monoisotopic (exact) mass is 496 g/mol. The van der Waals surface area contributed by atoms with Gasteiger partial charge in [-0.25, -0.2) is 0 Å². The maximum atomic E-state index is 12.8. The molecule has 0 aliphatic rings. The van der Waals surface area contributed by atoms with Gasteiger partial charge in [-0.05, 0) is 79.6 Å². The molecule has 0 heterocycles. The molecule has 0 radical (unpaired) electrons. The zero-order valence-corrected chi connectivity index (χ0v) is 19.8. The van der Waals surface area contributed by atoms with Gasteiger partial charge < -0.3 is 20.1 Å². The molecule has 32 heavy (non-hydrogen) atoms. The van der Waals surface area contributed by atoms with Crippen LogP contribution in [0.5, 0.6) is 5.75 Å².